The van der Waals surface area contributed by atoms with Crippen LogP contribution in [0.1, 0.15) is 12.8 Å². The number of hydrogen-bond acceptors (Lipinski definition) is 5. The molecule has 150 valence electrons. The third-order valence-electron chi connectivity index (χ3n) is 4.88. The van der Waals surface area contributed by atoms with E-state index in [9.17, 15) is 9.90 Å². The number of aromatic nitrogens is 1. The van der Waals surface area contributed by atoms with E-state index in [-0.39, 0.29) is 12.5 Å². The molecule has 5 nitrogen and oxygen atoms in total. The number of benzene rings is 1. The van der Waals surface area contributed by atoms with E-state index in [0.29, 0.717) is 34.2 Å². The minimum absolute atomic E-state index is 0.00242. The lowest BCUT2D eigenvalue weighted by Gasteiger charge is -2.31. The second-order valence-corrected chi connectivity index (χ2v) is 8.49. The number of carbonyl (C=O) groups is 1. The molecule has 1 fully saturated rings. The molecular formula is C20H23Cl2N3O2S. The van der Waals surface area contributed by atoms with Crippen LogP contribution in [0.3, 0.4) is 0 Å². The van der Waals surface area contributed by atoms with Crippen molar-refractivity contribution in [1.29, 1.82) is 0 Å². The number of carbonyl (C=O) groups excluding carboxylic acids is 1. The first-order valence-corrected chi connectivity index (χ1v) is 10.8. The molecule has 1 amide bonds. The minimum Gasteiger partial charge on any atom is -0.396 e. The van der Waals surface area contributed by atoms with E-state index in [1.54, 1.807) is 23.1 Å². The molecule has 1 aliphatic heterocycles. The van der Waals surface area contributed by atoms with Gasteiger partial charge in [0.05, 0.1) is 22.3 Å². The summed E-state index contributed by atoms with van der Waals surface area (Å²) in [6.45, 7) is 6.39. The Morgan fingerprint density at radius 2 is 2.11 bits per heavy atom. The third kappa shape index (κ3) is 5.13. The van der Waals surface area contributed by atoms with Crippen molar-refractivity contribution >= 4 is 45.6 Å². The molecule has 0 bridgehead atoms. The van der Waals surface area contributed by atoms with Crippen molar-refractivity contribution in [2.24, 2.45) is 5.92 Å². The smallest absolute Gasteiger partial charge is 0.243 e. The number of rotatable bonds is 7. The van der Waals surface area contributed by atoms with E-state index in [0.717, 1.165) is 37.2 Å². The average Bonchev–Trinajstić information content (AvgIpc) is 3.18. The molecular weight excluding hydrogens is 417 g/mol. The Morgan fingerprint density at radius 1 is 1.36 bits per heavy atom. The van der Waals surface area contributed by atoms with Crippen LogP contribution < -0.4 is 4.90 Å². The average molecular weight is 440 g/mol. The van der Waals surface area contributed by atoms with Gasteiger partial charge in [-0.1, -0.05) is 35.3 Å². The van der Waals surface area contributed by atoms with Crippen LogP contribution >= 0.6 is 34.5 Å². The first-order valence-electron chi connectivity index (χ1n) is 9.17. The third-order valence-corrected chi connectivity index (χ3v) is 6.48. The number of thiazole rings is 1. The quantitative estimate of drug-likeness (QED) is 0.651. The predicted molar refractivity (Wildman–Crippen MR) is 116 cm³/mol. The molecule has 0 radical (unpaired) electrons. The van der Waals surface area contributed by atoms with Gasteiger partial charge in [0.15, 0.2) is 5.13 Å². The number of halogens is 2. The van der Waals surface area contributed by atoms with Gasteiger partial charge in [-0.25, -0.2) is 4.98 Å². The molecule has 0 atom stereocenters. The second-order valence-electron chi connectivity index (χ2n) is 6.84. The van der Waals surface area contributed by atoms with E-state index < -0.39 is 0 Å². The number of hydrogen-bond donors (Lipinski definition) is 1. The summed E-state index contributed by atoms with van der Waals surface area (Å²) in [7, 11) is 0. The summed E-state index contributed by atoms with van der Waals surface area (Å²) in [5, 5.41) is 12.8. The number of piperidine rings is 1. The van der Waals surface area contributed by atoms with Crippen molar-refractivity contribution < 1.29 is 9.90 Å². The van der Waals surface area contributed by atoms with Gasteiger partial charge in [-0.2, -0.15) is 0 Å². The van der Waals surface area contributed by atoms with Crippen molar-refractivity contribution in [3.63, 3.8) is 0 Å². The van der Waals surface area contributed by atoms with Gasteiger partial charge in [0.25, 0.3) is 0 Å². The number of likely N-dealkylation sites (tertiary alicyclic amines) is 1. The molecule has 2 heterocycles. The highest BCUT2D eigenvalue weighted by molar-refractivity contribution is 7.14. The number of aliphatic hydroxyl groups is 1. The molecule has 1 aromatic heterocycles. The van der Waals surface area contributed by atoms with Crippen molar-refractivity contribution in [2.45, 2.75) is 12.8 Å². The molecule has 1 aromatic carbocycles. The summed E-state index contributed by atoms with van der Waals surface area (Å²) >= 11 is 13.5. The maximum absolute atomic E-state index is 12.9. The predicted octanol–water partition coefficient (Wildman–Crippen LogP) is 4.34. The van der Waals surface area contributed by atoms with Gasteiger partial charge in [0, 0.05) is 24.1 Å². The molecule has 0 aliphatic carbocycles. The van der Waals surface area contributed by atoms with E-state index in [1.165, 1.54) is 11.3 Å². The maximum atomic E-state index is 12.9. The lowest BCUT2D eigenvalue weighted by molar-refractivity contribution is -0.120. The van der Waals surface area contributed by atoms with Crippen molar-refractivity contribution in [1.82, 2.24) is 9.88 Å². The lowest BCUT2D eigenvalue weighted by atomic mass is 9.98. The number of amides is 1. The molecule has 3 rings (SSSR count). The zero-order chi connectivity index (χ0) is 20.1. The van der Waals surface area contributed by atoms with Crippen LogP contribution in [-0.2, 0) is 4.79 Å². The molecule has 0 spiro atoms. The summed E-state index contributed by atoms with van der Waals surface area (Å²) < 4.78 is 0. The van der Waals surface area contributed by atoms with E-state index in [2.05, 4.69) is 16.5 Å². The Kier molecular flexibility index (Phi) is 7.48. The Hall–Kier alpha value is -1.44. The van der Waals surface area contributed by atoms with Gasteiger partial charge in [-0.05, 0) is 44.0 Å². The van der Waals surface area contributed by atoms with Crippen LogP contribution in [0.2, 0.25) is 10.0 Å². The Bertz CT molecular complexity index is 835. The molecule has 28 heavy (non-hydrogen) atoms. The molecule has 0 unspecified atom stereocenters. The molecule has 1 aliphatic rings. The van der Waals surface area contributed by atoms with Gasteiger partial charge in [0.1, 0.15) is 0 Å². The molecule has 1 saturated heterocycles. The summed E-state index contributed by atoms with van der Waals surface area (Å²) in [6.07, 6.45) is 3.55. The molecule has 2 aromatic rings. The van der Waals surface area contributed by atoms with Crippen molar-refractivity contribution in [3.05, 3.63) is 46.3 Å². The highest BCUT2D eigenvalue weighted by atomic mass is 35.5. The fraction of sp³-hybridized carbons (Fsp3) is 0.400. The SMILES string of the molecule is C=CCN(C(=O)CN1CCC(CO)CC1)c1nc(-c2ccc(Cl)c(Cl)c2)cs1. The molecule has 8 heteroatoms. The largest absolute Gasteiger partial charge is 0.396 e. The standard InChI is InChI=1S/C20H23Cl2N3O2S/c1-2-7-25(19(27)11-24-8-5-14(12-26)6-9-24)20-23-18(13-28-20)15-3-4-16(21)17(22)10-15/h2-4,10,13-14,26H,1,5-9,11-12H2. The number of anilines is 1. The lowest BCUT2D eigenvalue weighted by Crippen LogP contribution is -2.44. The Balaban J connectivity index is 1.71. The molecule has 1 N–H and O–H groups in total. The van der Waals surface area contributed by atoms with Crippen LogP contribution in [-0.4, -0.2) is 53.7 Å². The first kappa shape index (κ1) is 21.3. The summed E-state index contributed by atoms with van der Waals surface area (Å²) in [6, 6.07) is 5.37. The highest BCUT2D eigenvalue weighted by Gasteiger charge is 2.24. The second kappa shape index (κ2) is 9.85. The number of nitrogens with zero attached hydrogens (tertiary/aromatic N) is 3. The first-order chi connectivity index (χ1) is 13.5. The van der Waals surface area contributed by atoms with Crippen LogP contribution in [0, 0.1) is 5.92 Å². The van der Waals surface area contributed by atoms with Gasteiger partial charge >= 0.3 is 0 Å². The van der Waals surface area contributed by atoms with Crippen molar-refractivity contribution in [2.75, 3.05) is 37.7 Å². The van der Waals surface area contributed by atoms with Gasteiger partial charge in [-0.3, -0.25) is 14.6 Å². The normalized spacial score (nSPS) is 15.5. The zero-order valence-electron chi connectivity index (χ0n) is 15.5. The van der Waals surface area contributed by atoms with E-state index in [1.807, 2.05) is 11.4 Å². The Labute approximate surface area is 179 Å². The van der Waals surface area contributed by atoms with Crippen molar-refractivity contribution in [3.8, 4) is 11.3 Å². The maximum Gasteiger partial charge on any atom is 0.243 e. The molecule has 0 saturated carbocycles. The summed E-state index contributed by atoms with van der Waals surface area (Å²) in [4.78, 5) is 21.3. The zero-order valence-corrected chi connectivity index (χ0v) is 17.8. The van der Waals surface area contributed by atoms with Crippen LogP contribution in [0.4, 0.5) is 5.13 Å². The summed E-state index contributed by atoms with van der Waals surface area (Å²) in [5.41, 5.74) is 1.61. The van der Waals surface area contributed by atoms with Gasteiger partial charge in [-0.15, -0.1) is 17.9 Å². The fourth-order valence-electron chi connectivity index (χ4n) is 3.20. The Morgan fingerprint density at radius 3 is 2.75 bits per heavy atom. The topological polar surface area (TPSA) is 56.7 Å². The van der Waals surface area contributed by atoms with E-state index >= 15 is 0 Å². The highest BCUT2D eigenvalue weighted by Crippen LogP contribution is 2.32. The van der Waals surface area contributed by atoms with Crippen LogP contribution in [0.5, 0.6) is 0 Å². The monoisotopic (exact) mass is 439 g/mol. The fourth-order valence-corrected chi connectivity index (χ4v) is 4.35. The van der Waals surface area contributed by atoms with Crippen LogP contribution in [0.15, 0.2) is 36.2 Å². The minimum atomic E-state index is -0.00242. The number of aliphatic hydroxyl groups excluding tert-OH is 1. The van der Waals surface area contributed by atoms with Crippen LogP contribution in [0.25, 0.3) is 11.3 Å². The van der Waals surface area contributed by atoms with E-state index in [4.69, 9.17) is 23.2 Å². The summed E-state index contributed by atoms with van der Waals surface area (Å²) in [5.74, 6) is 0.348. The van der Waals surface area contributed by atoms with Gasteiger partial charge in [0.2, 0.25) is 5.91 Å². The van der Waals surface area contributed by atoms with Gasteiger partial charge < -0.3 is 5.11 Å².